The van der Waals surface area contributed by atoms with Crippen LogP contribution in [0.5, 0.6) is 0 Å². The summed E-state index contributed by atoms with van der Waals surface area (Å²) in [4.78, 5) is 58.2. The number of carbonyl (C=O) groups excluding carboxylic acids is 4. The third-order valence-electron chi connectivity index (χ3n) is 3.25. The summed E-state index contributed by atoms with van der Waals surface area (Å²) in [6.45, 7) is -0.318. The number of ether oxygens (including phenoxy) is 2. The normalized spacial score (nSPS) is 12.4. The summed E-state index contributed by atoms with van der Waals surface area (Å²) in [5.41, 5.74) is 0. The van der Waals surface area contributed by atoms with Gasteiger partial charge in [0.15, 0.2) is 0 Å². The van der Waals surface area contributed by atoms with Crippen LogP contribution in [-0.2, 0) is 33.4 Å². The zero-order valence-electron chi connectivity index (χ0n) is 16.1. The fraction of sp³-hybridized carbons (Fsp3) is 0.643. The fourth-order valence-corrected chi connectivity index (χ4v) is 2.34. The van der Waals surface area contributed by atoms with E-state index in [1.807, 2.05) is 0 Å². The highest BCUT2D eigenvalue weighted by Gasteiger charge is 2.28. The van der Waals surface area contributed by atoms with Crippen molar-refractivity contribution in [1.29, 1.82) is 0 Å². The van der Waals surface area contributed by atoms with Gasteiger partial charge in [0.2, 0.25) is 11.8 Å². The average molecular weight is 686 g/mol. The van der Waals surface area contributed by atoms with Crippen LogP contribution in [0.25, 0.3) is 0 Å². The molecule has 0 aliphatic rings. The zero-order chi connectivity index (χ0) is 23.5. The van der Waals surface area contributed by atoms with Gasteiger partial charge >= 0.3 is 17.9 Å². The maximum Gasteiger partial charge on any atom is 0.310 e. The van der Waals surface area contributed by atoms with Crippen LogP contribution in [0, 0.1) is 5.92 Å². The Labute approximate surface area is 208 Å². The number of carboxylic acids is 1. The number of carbonyl (C=O) groups is 5. The molecule has 2 amide bonds. The number of halogens is 4. The molecule has 0 aromatic heterocycles. The van der Waals surface area contributed by atoms with Crippen LogP contribution in [0.3, 0.4) is 0 Å². The van der Waals surface area contributed by atoms with E-state index in [-0.39, 0.29) is 32.2 Å². The Morgan fingerprint density at radius 3 is 1.67 bits per heavy atom. The molecule has 3 N–H and O–H groups in total. The second-order valence-corrected chi connectivity index (χ2v) is 14.6. The molecule has 168 valence electrons. The Balaban J connectivity index is 4.44. The lowest BCUT2D eigenvalue weighted by Crippen LogP contribution is -2.40. The summed E-state index contributed by atoms with van der Waals surface area (Å²) < 4.78 is 7.92. The number of esters is 2. The second-order valence-electron chi connectivity index (χ2n) is 6.18. The Kier molecular flexibility index (Phi) is 13.5. The third-order valence-corrected chi connectivity index (χ3v) is 4.69. The summed E-state index contributed by atoms with van der Waals surface area (Å²) >= 11 is 12.4. The van der Waals surface area contributed by atoms with Crippen molar-refractivity contribution >= 4 is 109 Å². The van der Waals surface area contributed by atoms with E-state index >= 15 is 0 Å². The second kappa shape index (κ2) is 13.7. The van der Waals surface area contributed by atoms with Gasteiger partial charge in [-0.1, -0.05) is 63.7 Å². The molecule has 0 rings (SSSR count). The molecule has 10 nitrogen and oxygen atoms in total. The predicted molar refractivity (Wildman–Crippen MR) is 127 cm³/mol. The summed E-state index contributed by atoms with van der Waals surface area (Å²) in [6, 6.07) is 0. The van der Waals surface area contributed by atoms with E-state index in [1.54, 1.807) is 15.7 Å². The van der Waals surface area contributed by atoms with Crippen molar-refractivity contribution in [3.05, 3.63) is 0 Å². The van der Waals surface area contributed by atoms with Crippen LogP contribution < -0.4 is 10.6 Å². The summed E-state index contributed by atoms with van der Waals surface area (Å²) in [7, 11) is 3.13. The lowest BCUT2D eigenvalue weighted by molar-refractivity contribution is -0.158. The van der Waals surface area contributed by atoms with E-state index < -0.39 is 48.8 Å². The standard InChI is InChI=1S/C14H20B2Br4N2O8/c15-13(17,18)11(27)21-1-3-29-9(25)6-7(5-8(23)24)10(26)30-4-2-22-12(28)14(16,19)20/h7H,1-6,15-16H2,(H,21,27)(H,22,28)(H,23,24). The highest BCUT2D eigenvalue weighted by molar-refractivity contribution is 9.26. The van der Waals surface area contributed by atoms with Crippen LogP contribution >= 0.6 is 63.7 Å². The van der Waals surface area contributed by atoms with Crippen molar-refractivity contribution in [2.24, 2.45) is 5.92 Å². The number of amides is 2. The summed E-state index contributed by atoms with van der Waals surface area (Å²) in [6.07, 6.45) is -1.12. The van der Waals surface area contributed by atoms with Gasteiger partial charge in [-0.05, 0) is 0 Å². The van der Waals surface area contributed by atoms with E-state index in [1.165, 1.54) is 0 Å². The van der Waals surface area contributed by atoms with Crippen molar-refractivity contribution in [2.45, 2.75) is 19.1 Å². The number of hydrogen-bond donors (Lipinski definition) is 3. The van der Waals surface area contributed by atoms with E-state index in [0.717, 1.165) is 0 Å². The van der Waals surface area contributed by atoms with Crippen LogP contribution in [-0.4, -0.2) is 83.1 Å². The first-order valence-corrected chi connectivity index (χ1v) is 11.7. The van der Waals surface area contributed by atoms with E-state index in [0.29, 0.717) is 0 Å². The van der Waals surface area contributed by atoms with Crippen molar-refractivity contribution in [2.75, 3.05) is 26.3 Å². The van der Waals surface area contributed by atoms with Crippen molar-refractivity contribution in [3.63, 3.8) is 0 Å². The first-order valence-electron chi connectivity index (χ1n) is 8.51. The molecule has 0 fully saturated rings. The Bertz CT molecular complexity index is 655. The number of carboxylic acid groups (broad SMARTS) is 1. The topological polar surface area (TPSA) is 148 Å². The number of aliphatic carboxylic acids is 1. The van der Waals surface area contributed by atoms with Gasteiger partial charge < -0.3 is 25.2 Å². The number of rotatable bonds is 13. The smallest absolute Gasteiger partial charge is 0.310 e. The molecule has 30 heavy (non-hydrogen) atoms. The molecule has 0 aliphatic heterocycles. The third kappa shape index (κ3) is 13.7. The molecule has 1 unspecified atom stereocenters. The molecular weight excluding hydrogens is 665 g/mol. The molecule has 1 atom stereocenters. The minimum Gasteiger partial charge on any atom is -0.481 e. The van der Waals surface area contributed by atoms with Gasteiger partial charge in [-0.2, -0.15) is 0 Å². The lowest BCUT2D eigenvalue weighted by Gasteiger charge is -2.16. The molecule has 0 heterocycles. The average Bonchev–Trinajstić information content (AvgIpc) is 2.59. The van der Waals surface area contributed by atoms with Crippen molar-refractivity contribution in [3.8, 4) is 0 Å². The van der Waals surface area contributed by atoms with Crippen LogP contribution in [0.1, 0.15) is 12.8 Å². The lowest BCUT2D eigenvalue weighted by atomic mass is 10.0. The first-order chi connectivity index (χ1) is 13.6. The number of hydrogen-bond acceptors (Lipinski definition) is 7. The van der Waals surface area contributed by atoms with Crippen LogP contribution in [0.2, 0.25) is 0 Å². The molecular formula is C14H20B2Br4N2O8. The molecule has 0 bridgehead atoms. The van der Waals surface area contributed by atoms with Crippen molar-refractivity contribution < 1.29 is 38.6 Å². The summed E-state index contributed by atoms with van der Waals surface area (Å²) in [5.74, 6) is -5.00. The predicted octanol–water partition coefficient (Wildman–Crippen LogP) is -1.06. The van der Waals surface area contributed by atoms with E-state index in [4.69, 9.17) is 14.6 Å². The summed E-state index contributed by atoms with van der Waals surface area (Å²) in [5, 5.41) is 13.9. The zero-order valence-corrected chi connectivity index (χ0v) is 22.5. The Hall–Kier alpha value is -0.600. The molecule has 0 saturated carbocycles. The molecule has 0 saturated heterocycles. The van der Waals surface area contributed by atoms with Gasteiger partial charge in [-0.15, -0.1) is 0 Å². The minimum absolute atomic E-state index is 0.00135. The van der Waals surface area contributed by atoms with Gasteiger partial charge in [0.1, 0.15) is 35.2 Å². The molecule has 0 aliphatic carbocycles. The monoisotopic (exact) mass is 682 g/mol. The highest BCUT2D eigenvalue weighted by atomic mass is 79.9. The maximum absolute atomic E-state index is 12.1. The molecule has 0 aromatic carbocycles. The maximum atomic E-state index is 12.1. The van der Waals surface area contributed by atoms with Crippen LogP contribution in [0.15, 0.2) is 0 Å². The number of alkyl halides is 4. The van der Waals surface area contributed by atoms with E-state index in [9.17, 15) is 24.0 Å². The van der Waals surface area contributed by atoms with Gasteiger partial charge in [0.05, 0.1) is 31.8 Å². The minimum atomic E-state index is -1.28. The van der Waals surface area contributed by atoms with Crippen LogP contribution in [0.4, 0.5) is 0 Å². The largest absolute Gasteiger partial charge is 0.481 e. The van der Waals surface area contributed by atoms with Gasteiger partial charge in [0, 0.05) is 0 Å². The Morgan fingerprint density at radius 2 is 1.27 bits per heavy atom. The molecule has 0 aromatic rings. The SMILES string of the molecule is BC(Br)(Br)C(=O)NCCOC(=O)CC(CC(=O)O)C(=O)OCCNC(=O)C(B)(Br)Br. The van der Waals surface area contributed by atoms with Gasteiger partial charge in [-0.3, -0.25) is 24.0 Å². The Morgan fingerprint density at radius 1 is 0.833 bits per heavy atom. The van der Waals surface area contributed by atoms with Gasteiger partial charge in [-0.25, -0.2) is 0 Å². The first kappa shape index (κ1) is 29.4. The highest BCUT2D eigenvalue weighted by Crippen LogP contribution is 2.21. The molecule has 16 heteroatoms. The quantitative estimate of drug-likeness (QED) is 0.0963. The molecule has 0 spiro atoms. The van der Waals surface area contributed by atoms with Gasteiger partial charge in [0.25, 0.3) is 0 Å². The van der Waals surface area contributed by atoms with E-state index in [2.05, 4.69) is 74.4 Å². The van der Waals surface area contributed by atoms with Crippen molar-refractivity contribution in [1.82, 2.24) is 10.6 Å². The number of nitrogens with one attached hydrogen (secondary N) is 2. The molecule has 0 radical (unpaired) electrons. The fourth-order valence-electron chi connectivity index (χ4n) is 1.78.